The third-order valence-electron chi connectivity index (χ3n) is 4.52. The first-order valence-electron chi connectivity index (χ1n) is 10.5. The van der Waals surface area contributed by atoms with Crippen LogP contribution in [-0.4, -0.2) is 31.5 Å². The summed E-state index contributed by atoms with van der Waals surface area (Å²) in [6.07, 6.45) is 5.12. The Balaban J connectivity index is 1.62. The highest BCUT2D eigenvalue weighted by atomic mass is 32.1. The number of anilines is 1. The molecule has 0 fully saturated rings. The van der Waals surface area contributed by atoms with Gasteiger partial charge in [0, 0.05) is 10.9 Å². The molecular formula is C24H29N3O3S. The Labute approximate surface area is 187 Å². The van der Waals surface area contributed by atoms with Crippen molar-refractivity contribution in [3.63, 3.8) is 0 Å². The van der Waals surface area contributed by atoms with Gasteiger partial charge in [-0.2, -0.15) is 5.10 Å². The molecule has 1 heterocycles. The number of nitrogens with zero attached hydrogens (tertiary/aromatic N) is 2. The lowest BCUT2D eigenvalue weighted by Gasteiger charge is -2.12. The van der Waals surface area contributed by atoms with E-state index in [2.05, 4.69) is 22.4 Å². The lowest BCUT2D eigenvalue weighted by Crippen LogP contribution is -2.01. The first-order valence-corrected chi connectivity index (χ1v) is 11.4. The van der Waals surface area contributed by atoms with Crippen LogP contribution >= 0.6 is 11.3 Å². The summed E-state index contributed by atoms with van der Waals surface area (Å²) in [7, 11) is 1.66. The van der Waals surface area contributed by atoms with Crippen molar-refractivity contribution < 1.29 is 14.2 Å². The lowest BCUT2D eigenvalue weighted by atomic mass is 10.2. The van der Waals surface area contributed by atoms with Gasteiger partial charge in [0.05, 0.1) is 32.2 Å². The summed E-state index contributed by atoms with van der Waals surface area (Å²) in [5, 5.41) is 7.03. The highest BCUT2D eigenvalue weighted by Crippen LogP contribution is 2.29. The Morgan fingerprint density at radius 1 is 1.06 bits per heavy atom. The molecule has 2 aromatic carbocycles. The first-order chi connectivity index (χ1) is 15.2. The minimum absolute atomic E-state index is 0.580. The molecule has 31 heavy (non-hydrogen) atoms. The van der Waals surface area contributed by atoms with Gasteiger partial charge in [-0.1, -0.05) is 31.9 Å². The van der Waals surface area contributed by atoms with E-state index in [0.29, 0.717) is 13.2 Å². The zero-order valence-corrected chi connectivity index (χ0v) is 19.1. The largest absolute Gasteiger partial charge is 0.497 e. The Hall–Kier alpha value is -3.06. The van der Waals surface area contributed by atoms with Gasteiger partial charge in [-0.15, -0.1) is 11.3 Å². The molecule has 3 rings (SSSR count). The van der Waals surface area contributed by atoms with E-state index in [1.165, 1.54) is 17.8 Å². The van der Waals surface area contributed by atoms with E-state index in [9.17, 15) is 0 Å². The molecule has 0 unspecified atom stereocenters. The molecule has 0 spiro atoms. The number of methoxy groups -OCH3 is 1. The summed E-state index contributed by atoms with van der Waals surface area (Å²) in [4.78, 5) is 4.59. The summed E-state index contributed by atoms with van der Waals surface area (Å²) < 4.78 is 16.9. The maximum atomic E-state index is 5.88. The lowest BCUT2D eigenvalue weighted by molar-refractivity contribution is 0.271. The van der Waals surface area contributed by atoms with Crippen LogP contribution in [0.2, 0.25) is 0 Å². The normalized spacial score (nSPS) is 10.9. The molecule has 3 aromatic rings. The molecule has 0 aliphatic rings. The van der Waals surface area contributed by atoms with Crippen molar-refractivity contribution in [3.05, 3.63) is 53.4 Å². The fraction of sp³-hybridized carbons (Fsp3) is 0.333. The smallest absolute Gasteiger partial charge is 0.203 e. The number of hydrogen-bond donors (Lipinski definition) is 1. The zero-order chi connectivity index (χ0) is 21.9. The van der Waals surface area contributed by atoms with Crippen molar-refractivity contribution in [2.45, 2.75) is 33.1 Å². The average molecular weight is 440 g/mol. The maximum Gasteiger partial charge on any atom is 0.203 e. The van der Waals surface area contributed by atoms with Crippen LogP contribution in [0.1, 0.15) is 38.7 Å². The van der Waals surface area contributed by atoms with Gasteiger partial charge in [-0.3, -0.25) is 5.43 Å². The summed E-state index contributed by atoms with van der Waals surface area (Å²) >= 11 is 1.50. The number of nitrogens with one attached hydrogen (secondary N) is 1. The van der Waals surface area contributed by atoms with Gasteiger partial charge in [0.1, 0.15) is 5.75 Å². The predicted molar refractivity (Wildman–Crippen MR) is 128 cm³/mol. The molecule has 7 heteroatoms. The summed E-state index contributed by atoms with van der Waals surface area (Å²) in [5.74, 6) is 2.31. The molecule has 6 nitrogen and oxygen atoms in total. The minimum atomic E-state index is 0.580. The highest BCUT2D eigenvalue weighted by molar-refractivity contribution is 7.14. The van der Waals surface area contributed by atoms with Crippen LogP contribution in [0.3, 0.4) is 0 Å². The van der Waals surface area contributed by atoms with Crippen LogP contribution < -0.4 is 19.6 Å². The zero-order valence-electron chi connectivity index (χ0n) is 18.3. The topological polar surface area (TPSA) is 65.0 Å². The second kappa shape index (κ2) is 12.0. The van der Waals surface area contributed by atoms with Gasteiger partial charge < -0.3 is 14.2 Å². The molecule has 0 saturated heterocycles. The molecule has 164 valence electrons. The average Bonchev–Trinajstić information content (AvgIpc) is 3.27. The summed E-state index contributed by atoms with van der Waals surface area (Å²) in [5.41, 5.74) is 5.80. The van der Waals surface area contributed by atoms with Crippen LogP contribution in [-0.2, 0) is 0 Å². The Morgan fingerprint density at radius 2 is 1.97 bits per heavy atom. The second-order valence-corrected chi connectivity index (χ2v) is 7.69. The van der Waals surface area contributed by atoms with Gasteiger partial charge >= 0.3 is 0 Å². The monoisotopic (exact) mass is 439 g/mol. The highest BCUT2D eigenvalue weighted by Gasteiger charge is 2.07. The van der Waals surface area contributed by atoms with Crippen molar-refractivity contribution in [1.82, 2.24) is 4.98 Å². The van der Waals surface area contributed by atoms with Crippen molar-refractivity contribution in [2.75, 3.05) is 25.7 Å². The Kier molecular flexibility index (Phi) is 8.72. The number of unbranched alkanes of at least 4 members (excludes halogenated alkanes) is 2. The number of rotatable bonds is 12. The molecule has 0 amide bonds. The molecule has 0 aliphatic heterocycles. The van der Waals surface area contributed by atoms with E-state index >= 15 is 0 Å². The van der Waals surface area contributed by atoms with Crippen molar-refractivity contribution in [3.8, 4) is 28.5 Å². The fourth-order valence-electron chi connectivity index (χ4n) is 2.93. The third kappa shape index (κ3) is 6.72. The van der Waals surface area contributed by atoms with Crippen LogP contribution in [0.15, 0.2) is 52.9 Å². The van der Waals surface area contributed by atoms with Crippen LogP contribution in [0.4, 0.5) is 5.13 Å². The van der Waals surface area contributed by atoms with E-state index in [1.54, 1.807) is 13.3 Å². The molecule has 0 saturated carbocycles. The van der Waals surface area contributed by atoms with Crippen molar-refractivity contribution in [2.24, 2.45) is 5.10 Å². The summed E-state index contributed by atoms with van der Waals surface area (Å²) in [6, 6.07) is 13.7. The number of benzene rings is 2. The van der Waals surface area contributed by atoms with Gasteiger partial charge in [-0.05, 0) is 49.2 Å². The van der Waals surface area contributed by atoms with Crippen LogP contribution in [0.5, 0.6) is 17.2 Å². The molecule has 1 N–H and O–H groups in total. The van der Waals surface area contributed by atoms with Gasteiger partial charge in [0.15, 0.2) is 11.5 Å². The van der Waals surface area contributed by atoms with Gasteiger partial charge in [0.2, 0.25) is 5.13 Å². The van der Waals surface area contributed by atoms with Crippen molar-refractivity contribution in [1.29, 1.82) is 0 Å². The predicted octanol–water partition coefficient (Wildman–Crippen LogP) is 6.23. The SMILES string of the molecule is CCCCCOc1ccc(/C=N\Nc2nc(-c3cccc(OC)c3)cs2)cc1OCC. The number of thiazole rings is 1. The Bertz CT molecular complexity index is 988. The number of hydrogen-bond acceptors (Lipinski definition) is 7. The van der Waals surface area contributed by atoms with Crippen LogP contribution in [0.25, 0.3) is 11.3 Å². The summed E-state index contributed by atoms with van der Waals surface area (Å²) in [6.45, 7) is 5.42. The van der Waals surface area contributed by atoms with E-state index in [0.717, 1.165) is 52.0 Å². The molecule has 0 aliphatic carbocycles. The van der Waals surface area contributed by atoms with Crippen molar-refractivity contribution >= 4 is 22.7 Å². The first kappa shape index (κ1) is 22.6. The quantitative estimate of drug-likeness (QED) is 0.206. The number of ether oxygens (including phenoxy) is 3. The fourth-order valence-corrected chi connectivity index (χ4v) is 3.60. The molecule has 0 bridgehead atoms. The van der Waals surface area contributed by atoms with E-state index in [4.69, 9.17) is 14.2 Å². The van der Waals surface area contributed by atoms with Gasteiger partial charge in [0.25, 0.3) is 0 Å². The van der Waals surface area contributed by atoms with E-state index in [-0.39, 0.29) is 0 Å². The third-order valence-corrected chi connectivity index (χ3v) is 5.26. The van der Waals surface area contributed by atoms with Crippen LogP contribution in [0, 0.1) is 0 Å². The molecular weight excluding hydrogens is 410 g/mol. The molecule has 0 radical (unpaired) electrons. The molecule has 0 atom stereocenters. The number of aromatic nitrogens is 1. The van der Waals surface area contributed by atoms with Gasteiger partial charge in [-0.25, -0.2) is 4.98 Å². The number of hydrazone groups is 1. The maximum absolute atomic E-state index is 5.88. The second-order valence-electron chi connectivity index (χ2n) is 6.83. The standard InChI is InChI=1S/C24H29N3O3S/c1-4-6-7-13-30-22-12-11-18(14-23(22)29-5-2)16-25-27-24-26-21(17-31-24)19-9-8-10-20(15-19)28-3/h8-12,14-17H,4-7,13H2,1-3H3,(H,26,27)/b25-16-. The van der Waals surface area contributed by atoms with E-state index < -0.39 is 0 Å². The van der Waals surface area contributed by atoms with E-state index in [1.807, 2.05) is 54.8 Å². The Morgan fingerprint density at radius 3 is 2.77 bits per heavy atom. The minimum Gasteiger partial charge on any atom is -0.497 e. The molecule has 1 aromatic heterocycles.